The highest BCUT2D eigenvalue weighted by Gasteiger charge is 2.54. The second-order valence-electron chi connectivity index (χ2n) is 9.72. The van der Waals surface area contributed by atoms with Gasteiger partial charge in [-0.2, -0.15) is 0 Å². The van der Waals surface area contributed by atoms with Gasteiger partial charge in [0.15, 0.2) is 5.78 Å². The molecule has 5 nitrogen and oxygen atoms in total. The lowest BCUT2D eigenvalue weighted by Crippen LogP contribution is -2.46. The number of carbonyl (C=O) groups is 3. The number of carbonyl (C=O) groups excluding carboxylic acids is 3. The van der Waals surface area contributed by atoms with Gasteiger partial charge in [0, 0.05) is 38.5 Å². The number of rotatable bonds is 3. The van der Waals surface area contributed by atoms with Crippen molar-refractivity contribution >= 4 is 17.7 Å². The first-order valence-corrected chi connectivity index (χ1v) is 10.6. The second-order valence-corrected chi connectivity index (χ2v) is 9.72. The third-order valence-corrected chi connectivity index (χ3v) is 6.47. The van der Waals surface area contributed by atoms with Crippen molar-refractivity contribution in [3.63, 3.8) is 0 Å². The van der Waals surface area contributed by atoms with Crippen molar-refractivity contribution in [2.45, 2.75) is 85.9 Å². The van der Waals surface area contributed by atoms with Crippen molar-refractivity contribution in [1.29, 1.82) is 0 Å². The molecule has 2 rings (SSSR count). The summed E-state index contributed by atoms with van der Waals surface area (Å²) in [4.78, 5) is 36.1. The molecule has 0 aliphatic heterocycles. The van der Waals surface area contributed by atoms with Crippen LogP contribution in [0.3, 0.4) is 0 Å². The quantitative estimate of drug-likeness (QED) is 0.499. The molecule has 0 saturated heterocycles. The molecule has 2 aliphatic carbocycles. The molecule has 0 unspecified atom stereocenters. The highest BCUT2D eigenvalue weighted by molar-refractivity contribution is 5.90. The van der Waals surface area contributed by atoms with Crippen LogP contribution < -0.4 is 0 Å². The number of allylic oxidation sites excluding steroid dienone is 3. The van der Waals surface area contributed by atoms with Crippen LogP contribution in [0.1, 0.15) is 74.1 Å². The van der Waals surface area contributed by atoms with Crippen molar-refractivity contribution in [3.05, 3.63) is 23.8 Å². The Bertz CT molecular complexity index is 717. The van der Waals surface area contributed by atoms with E-state index in [2.05, 4.69) is 19.1 Å². The minimum absolute atomic E-state index is 0.0271. The van der Waals surface area contributed by atoms with Gasteiger partial charge in [-0.1, -0.05) is 31.6 Å². The molecule has 0 heterocycles. The van der Waals surface area contributed by atoms with Crippen LogP contribution in [0.5, 0.6) is 0 Å². The molecular formula is C24H36O5. The zero-order chi connectivity index (χ0) is 22.0. The van der Waals surface area contributed by atoms with E-state index in [0.29, 0.717) is 12.8 Å². The van der Waals surface area contributed by atoms with Gasteiger partial charge in [-0.25, -0.2) is 0 Å². The zero-order valence-corrected chi connectivity index (χ0v) is 18.9. The number of hydrogen-bond acceptors (Lipinski definition) is 5. The van der Waals surface area contributed by atoms with Gasteiger partial charge in [0.25, 0.3) is 0 Å². The maximum atomic E-state index is 12.4. The molecule has 162 valence electrons. The number of ether oxygens (including phenoxy) is 2. The van der Waals surface area contributed by atoms with E-state index in [1.807, 2.05) is 27.7 Å². The van der Waals surface area contributed by atoms with E-state index in [9.17, 15) is 14.4 Å². The van der Waals surface area contributed by atoms with Gasteiger partial charge < -0.3 is 9.47 Å². The van der Waals surface area contributed by atoms with E-state index in [4.69, 9.17) is 9.47 Å². The van der Waals surface area contributed by atoms with Crippen molar-refractivity contribution in [2.24, 2.45) is 23.2 Å². The molecular weight excluding hydrogens is 368 g/mol. The summed E-state index contributed by atoms with van der Waals surface area (Å²) in [5.74, 6) is -0.412. The maximum absolute atomic E-state index is 12.4. The highest BCUT2D eigenvalue weighted by Crippen LogP contribution is 2.55. The maximum Gasteiger partial charge on any atom is 0.303 e. The van der Waals surface area contributed by atoms with Crippen LogP contribution in [0.25, 0.3) is 0 Å². The standard InChI is InChI=1S/C24H36O5/c1-15-8-10-24(7)11-9-20(23(5,6)29-18(4)26)22(24)21(28-17(3)25)14-16(2)13-19(27)12-15/h8,10,13,15,20-22H,9,11-12,14H2,1-7H3/b10-8?,16-13-/t15-,20+,21-,22+,24-/m0/s1. The topological polar surface area (TPSA) is 69.7 Å². The van der Waals surface area contributed by atoms with Crippen LogP contribution in [-0.2, 0) is 23.9 Å². The predicted octanol–water partition coefficient (Wildman–Crippen LogP) is 4.79. The molecule has 5 heteroatoms. The Labute approximate surface area is 174 Å². The van der Waals surface area contributed by atoms with Crippen LogP contribution >= 0.6 is 0 Å². The van der Waals surface area contributed by atoms with E-state index >= 15 is 0 Å². The summed E-state index contributed by atoms with van der Waals surface area (Å²) in [5.41, 5.74) is 0.0118. The van der Waals surface area contributed by atoms with Gasteiger partial charge in [-0.15, -0.1) is 0 Å². The van der Waals surface area contributed by atoms with E-state index in [0.717, 1.165) is 18.4 Å². The van der Waals surface area contributed by atoms with Gasteiger partial charge in [0.1, 0.15) is 11.7 Å². The van der Waals surface area contributed by atoms with Crippen molar-refractivity contribution in [1.82, 2.24) is 0 Å². The molecule has 0 N–H and O–H groups in total. The molecule has 0 aromatic rings. The molecule has 2 aliphatic rings. The molecule has 29 heavy (non-hydrogen) atoms. The molecule has 1 fully saturated rings. The smallest absolute Gasteiger partial charge is 0.303 e. The van der Waals surface area contributed by atoms with E-state index in [1.165, 1.54) is 13.8 Å². The second kappa shape index (κ2) is 8.85. The summed E-state index contributed by atoms with van der Waals surface area (Å²) >= 11 is 0. The first kappa shape index (κ1) is 23.4. The van der Waals surface area contributed by atoms with E-state index in [-0.39, 0.29) is 47.0 Å². The number of esters is 2. The molecule has 5 atom stereocenters. The summed E-state index contributed by atoms with van der Waals surface area (Å²) in [6, 6.07) is 0. The third kappa shape index (κ3) is 5.80. The fourth-order valence-electron chi connectivity index (χ4n) is 5.31. The highest BCUT2D eigenvalue weighted by atomic mass is 16.6. The summed E-state index contributed by atoms with van der Waals surface area (Å²) in [7, 11) is 0. The first-order chi connectivity index (χ1) is 13.3. The Morgan fingerprint density at radius 1 is 1.17 bits per heavy atom. The Morgan fingerprint density at radius 2 is 1.83 bits per heavy atom. The lowest BCUT2D eigenvalue weighted by Gasteiger charge is -2.42. The lowest BCUT2D eigenvalue weighted by molar-refractivity contribution is -0.168. The van der Waals surface area contributed by atoms with Gasteiger partial charge in [-0.3, -0.25) is 14.4 Å². The monoisotopic (exact) mass is 404 g/mol. The molecule has 0 aromatic heterocycles. The summed E-state index contributed by atoms with van der Waals surface area (Å²) < 4.78 is 11.6. The molecule has 0 amide bonds. The normalized spacial score (nSPS) is 35.1. The van der Waals surface area contributed by atoms with Gasteiger partial charge in [-0.05, 0) is 51.0 Å². The minimum Gasteiger partial charge on any atom is -0.462 e. The molecule has 0 aromatic carbocycles. The minimum atomic E-state index is -0.681. The fourth-order valence-corrected chi connectivity index (χ4v) is 5.31. The summed E-state index contributed by atoms with van der Waals surface area (Å²) in [5, 5.41) is 0. The largest absolute Gasteiger partial charge is 0.462 e. The Morgan fingerprint density at radius 3 is 2.41 bits per heavy atom. The average Bonchev–Trinajstić information content (AvgIpc) is 2.88. The Balaban J connectivity index is 2.56. The summed E-state index contributed by atoms with van der Waals surface area (Å²) in [6.07, 6.45) is 8.37. The predicted molar refractivity (Wildman–Crippen MR) is 112 cm³/mol. The van der Waals surface area contributed by atoms with Gasteiger partial charge in [0.2, 0.25) is 0 Å². The molecule has 0 radical (unpaired) electrons. The van der Waals surface area contributed by atoms with Crippen molar-refractivity contribution < 1.29 is 23.9 Å². The van der Waals surface area contributed by atoms with Crippen LogP contribution in [0.15, 0.2) is 23.8 Å². The fraction of sp³-hybridized carbons (Fsp3) is 0.708. The zero-order valence-electron chi connectivity index (χ0n) is 18.9. The van der Waals surface area contributed by atoms with Crippen LogP contribution in [0, 0.1) is 23.2 Å². The Kier molecular flexibility index (Phi) is 7.13. The van der Waals surface area contributed by atoms with Gasteiger partial charge in [0.05, 0.1) is 0 Å². The molecule has 0 bridgehead atoms. The molecule has 0 spiro atoms. The van der Waals surface area contributed by atoms with E-state index in [1.54, 1.807) is 6.08 Å². The van der Waals surface area contributed by atoms with Crippen molar-refractivity contribution in [2.75, 3.05) is 0 Å². The molecule has 1 saturated carbocycles. The number of hydrogen-bond donors (Lipinski definition) is 0. The Hall–Kier alpha value is -1.91. The number of ketones is 1. The summed E-state index contributed by atoms with van der Waals surface area (Å²) in [6.45, 7) is 12.9. The van der Waals surface area contributed by atoms with Crippen LogP contribution in [-0.4, -0.2) is 29.4 Å². The van der Waals surface area contributed by atoms with Crippen molar-refractivity contribution in [3.8, 4) is 0 Å². The van der Waals surface area contributed by atoms with E-state index < -0.39 is 5.60 Å². The third-order valence-electron chi connectivity index (χ3n) is 6.47. The van der Waals surface area contributed by atoms with Crippen LogP contribution in [0.4, 0.5) is 0 Å². The first-order valence-electron chi connectivity index (χ1n) is 10.6. The SMILES string of the molecule is CC(=O)O[C@H]1C/C(C)=C\C(=O)C[C@@H](C)C=C[C@@]2(C)CC[C@@H](C(C)(C)OC(C)=O)[C@H]12. The van der Waals surface area contributed by atoms with Crippen LogP contribution in [0.2, 0.25) is 0 Å². The number of fused-ring (bicyclic) bond motifs is 1. The average molecular weight is 405 g/mol. The lowest BCUT2D eigenvalue weighted by atomic mass is 9.68. The van der Waals surface area contributed by atoms with Gasteiger partial charge >= 0.3 is 11.9 Å².